The van der Waals surface area contributed by atoms with E-state index in [0.29, 0.717) is 30.3 Å². The summed E-state index contributed by atoms with van der Waals surface area (Å²) in [6.07, 6.45) is 1.60. The summed E-state index contributed by atoms with van der Waals surface area (Å²) >= 11 is 0. The minimum Gasteiger partial charge on any atom is -0.331 e. The first kappa shape index (κ1) is 24.7. The van der Waals surface area contributed by atoms with Crippen LogP contribution in [0.15, 0.2) is 51.7 Å². The van der Waals surface area contributed by atoms with E-state index >= 15 is 0 Å². The van der Waals surface area contributed by atoms with Gasteiger partial charge in [0.1, 0.15) is 17.1 Å². The van der Waals surface area contributed by atoms with E-state index in [0.717, 1.165) is 11.1 Å². The van der Waals surface area contributed by atoms with Crippen molar-refractivity contribution >= 4 is 23.3 Å². The molecule has 0 saturated carbocycles. The fraction of sp³-hybridized carbons (Fsp3) is 0.423. The maximum Gasteiger partial charge on any atom is 0.275 e. The summed E-state index contributed by atoms with van der Waals surface area (Å²) in [4.78, 5) is 39.1. The van der Waals surface area contributed by atoms with E-state index in [-0.39, 0.29) is 42.0 Å². The van der Waals surface area contributed by atoms with E-state index in [2.05, 4.69) is 46.1 Å². The van der Waals surface area contributed by atoms with Gasteiger partial charge in [0.05, 0.1) is 18.4 Å². The van der Waals surface area contributed by atoms with Crippen molar-refractivity contribution in [2.45, 2.75) is 45.6 Å². The number of amides is 2. The van der Waals surface area contributed by atoms with Crippen LogP contribution in [0, 0.1) is 5.82 Å². The van der Waals surface area contributed by atoms with E-state index in [4.69, 9.17) is 0 Å². The smallest absolute Gasteiger partial charge is 0.275 e. The van der Waals surface area contributed by atoms with Crippen LogP contribution in [0.1, 0.15) is 50.7 Å². The number of carbonyl (C=O) groups is 2. The number of nitrogens with zero attached hydrogens (tertiary/aromatic N) is 8. The zero-order valence-electron chi connectivity index (χ0n) is 21.6. The van der Waals surface area contributed by atoms with Gasteiger partial charge in [0.15, 0.2) is 18.2 Å². The highest BCUT2D eigenvalue weighted by atomic mass is 19.1. The number of rotatable bonds is 4. The Labute approximate surface area is 213 Å². The van der Waals surface area contributed by atoms with E-state index in [1.807, 2.05) is 6.07 Å². The lowest BCUT2D eigenvalue weighted by Crippen LogP contribution is -2.65. The molecule has 3 aromatic rings. The van der Waals surface area contributed by atoms with Crippen LogP contribution in [0.25, 0.3) is 16.9 Å². The minimum atomic E-state index is -1.08. The van der Waals surface area contributed by atoms with E-state index < -0.39 is 5.54 Å². The Bertz CT molecular complexity index is 1450. The molecule has 2 aliphatic heterocycles. The first-order valence-corrected chi connectivity index (χ1v) is 12.1. The third-order valence-electron chi connectivity index (χ3n) is 6.75. The molecule has 2 amide bonds. The number of carbonyl (C=O) groups excluding carboxylic acids is 2. The molecule has 1 fully saturated rings. The number of aliphatic imine (C=N–C) groups is 1. The second kappa shape index (κ2) is 8.82. The van der Waals surface area contributed by atoms with Crippen LogP contribution in [-0.2, 0) is 10.2 Å². The summed E-state index contributed by atoms with van der Waals surface area (Å²) in [5, 5.41) is 12.5. The first-order valence-electron chi connectivity index (χ1n) is 12.1. The summed E-state index contributed by atoms with van der Waals surface area (Å²) in [5.41, 5.74) is 1.68. The minimum absolute atomic E-state index is 0.187. The maximum atomic E-state index is 13.7. The molecule has 0 unspecified atom stereocenters. The lowest BCUT2D eigenvalue weighted by atomic mass is 9.87. The molecule has 1 aromatic carbocycles. The van der Waals surface area contributed by atoms with Crippen LogP contribution in [0.3, 0.4) is 0 Å². The average molecular weight is 505 g/mol. The number of benzene rings is 1. The van der Waals surface area contributed by atoms with Crippen LogP contribution in [-0.4, -0.2) is 73.9 Å². The van der Waals surface area contributed by atoms with E-state index in [9.17, 15) is 14.0 Å². The van der Waals surface area contributed by atoms with Crippen LogP contribution >= 0.6 is 0 Å². The molecule has 1 saturated heterocycles. The Morgan fingerprint density at radius 1 is 1.14 bits per heavy atom. The van der Waals surface area contributed by atoms with Gasteiger partial charge in [-0.2, -0.15) is 10.2 Å². The van der Waals surface area contributed by atoms with Crippen molar-refractivity contribution in [2.75, 3.05) is 26.3 Å². The molecular weight excluding hydrogens is 475 g/mol. The molecule has 0 spiro atoms. The Morgan fingerprint density at radius 2 is 1.86 bits per heavy atom. The van der Waals surface area contributed by atoms with Crippen LogP contribution < -0.4 is 0 Å². The zero-order chi connectivity index (χ0) is 26.5. The van der Waals surface area contributed by atoms with Gasteiger partial charge in [-0.15, -0.1) is 5.11 Å². The fourth-order valence-electron chi connectivity index (χ4n) is 4.65. The molecule has 192 valence electrons. The maximum absolute atomic E-state index is 13.7. The van der Waals surface area contributed by atoms with Crippen molar-refractivity contribution in [3.8, 4) is 11.3 Å². The number of hydrogen-bond donors (Lipinski definition) is 0. The largest absolute Gasteiger partial charge is 0.331 e. The summed E-state index contributed by atoms with van der Waals surface area (Å²) < 4.78 is 15.1. The number of aromatic nitrogens is 3. The Hall–Kier alpha value is -4.02. The van der Waals surface area contributed by atoms with Crippen LogP contribution in [0.4, 0.5) is 4.39 Å². The van der Waals surface area contributed by atoms with Gasteiger partial charge in [0.25, 0.3) is 5.91 Å². The third kappa shape index (κ3) is 4.49. The average Bonchev–Trinajstić information content (AvgIpc) is 3.51. The highest BCUT2D eigenvalue weighted by Gasteiger charge is 2.45. The predicted molar refractivity (Wildman–Crippen MR) is 136 cm³/mol. The lowest BCUT2D eigenvalue weighted by Gasteiger charge is -2.45. The van der Waals surface area contributed by atoms with Crippen LogP contribution in [0.5, 0.6) is 0 Å². The summed E-state index contributed by atoms with van der Waals surface area (Å²) in [5.74, 6) is -0.339. The fourth-order valence-corrected chi connectivity index (χ4v) is 4.65. The number of hydrogen-bond acceptors (Lipinski definition) is 7. The number of azo groups is 1. The van der Waals surface area contributed by atoms with Crippen LogP contribution in [0.2, 0.25) is 0 Å². The lowest BCUT2D eigenvalue weighted by molar-refractivity contribution is -0.145. The third-order valence-corrected chi connectivity index (χ3v) is 6.75. The number of fused-ring (bicyclic) bond motifs is 1. The molecule has 5 rings (SSSR count). The summed E-state index contributed by atoms with van der Waals surface area (Å²) in [6.45, 7) is 10.9. The highest BCUT2D eigenvalue weighted by molar-refractivity contribution is 6.00. The standard InChI is InChI=1S/C26H29FN8O2/c1-25(2,3)18-12-19(16-6-8-17(27)9-7-16)32-35-13-20(30-22(18)35)23(36)34-11-10-33(24(37)26(34,4)5)14-21-28-15-29-31-21/h6-9,12-13H,10-11,14-15H2,1-5H3. The highest BCUT2D eigenvalue weighted by Crippen LogP contribution is 2.31. The number of halogens is 1. The Kier molecular flexibility index (Phi) is 5.88. The molecule has 37 heavy (non-hydrogen) atoms. The van der Waals surface area contributed by atoms with Gasteiger partial charge in [-0.05, 0) is 49.6 Å². The summed E-state index contributed by atoms with van der Waals surface area (Å²) in [7, 11) is 0. The van der Waals surface area contributed by atoms with Crippen molar-refractivity contribution in [3.05, 3.63) is 53.6 Å². The molecule has 10 nitrogen and oxygen atoms in total. The van der Waals surface area contributed by atoms with Crippen molar-refractivity contribution in [3.63, 3.8) is 0 Å². The van der Waals surface area contributed by atoms with Crippen molar-refractivity contribution in [1.82, 2.24) is 24.4 Å². The number of imidazole rings is 1. The quantitative estimate of drug-likeness (QED) is 0.540. The van der Waals surface area contributed by atoms with Crippen molar-refractivity contribution in [1.29, 1.82) is 0 Å². The molecule has 0 aliphatic carbocycles. The molecule has 2 aromatic heterocycles. The van der Waals surface area contributed by atoms with E-state index in [1.54, 1.807) is 46.5 Å². The molecule has 2 aliphatic rings. The number of piperazine rings is 1. The molecule has 0 radical (unpaired) electrons. The Morgan fingerprint density at radius 3 is 2.51 bits per heavy atom. The van der Waals surface area contributed by atoms with Gasteiger partial charge in [0, 0.05) is 24.2 Å². The molecule has 11 heteroatoms. The zero-order valence-corrected chi connectivity index (χ0v) is 21.6. The summed E-state index contributed by atoms with van der Waals surface area (Å²) in [6, 6.07) is 8.05. The molecule has 4 heterocycles. The topological polar surface area (TPSA) is 108 Å². The second-order valence-electron chi connectivity index (χ2n) is 10.8. The van der Waals surface area contributed by atoms with Crippen molar-refractivity contribution < 1.29 is 14.0 Å². The number of amidine groups is 1. The van der Waals surface area contributed by atoms with Gasteiger partial charge < -0.3 is 9.80 Å². The van der Waals surface area contributed by atoms with Crippen molar-refractivity contribution in [2.24, 2.45) is 15.2 Å². The van der Waals surface area contributed by atoms with E-state index in [1.165, 1.54) is 12.1 Å². The Balaban J connectivity index is 1.49. The molecular formula is C26H29FN8O2. The van der Waals surface area contributed by atoms with Gasteiger partial charge in [0.2, 0.25) is 5.91 Å². The van der Waals surface area contributed by atoms with Gasteiger partial charge in [-0.3, -0.25) is 9.59 Å². The molecule has 0 atom stereocenters. The normalized spacial score (nSPS) is 17.6. The monoisotopic (exact) mass is 504 g/mol. The predicted octanol–water partition coefficient (Wildman–Crippen LogP) is 3.72. The first-order chi connectivity index (χ1) is 17.4. The van der Waals surface area contributed by atoms with Gasteiger partial charge >= 0.3 is 0 Å². The molecule has 0 N–H and O–H groups in total. The second-order valence-corrected chi connectivity index (χ2v) is 10.8. The SMILES string of the molecule is CC(C)(C)c1cc(-c2ccc(F)cc2)nn2cc(C(=O)N3CCN(CC4=NCN=N4)C(=O)C3(C)C)nc12. The van der Waals surface area contributed by atoms with Gasteiger partial charge in [-0.1, -0.05) is 20.8 Å². The van der Waals surface area contributed by atoms with Gasteiger partial charge in [-0.25, -0.2) is 18.9 Å². The molecule has 0 bridgehead atoms.